The molecule has 0 bridgehead atoms. The maximum Gasteiger partial charge on any atom is 0.251 e. The first-order valence-electron chi connectivity index (χ1n) is 8.54. The quantitative estimate of drug-likeness (QED) is 0.923. The number of sulfone groups is 1. The molecule has 126 valence electrons. The second-order valence-corrected chi connectivity index (χ2v) is 9.10. The molecule has 3 atom stereocenters. The summed E-state index contributed by atoms with van der Waals surface area (Å²) in [6.07, 6.45) is 9.91. The number of hydrogen-bond donors (Lipinski definition) is 1. The predicted molar refractivity (Wildman–Crippen MR) is 90.1 cm³/mol. The van der Waals surface area contributed by atoms with E-state index in [0.29, 0.717) is 5.56 Å². The van der Waals surface area contributed by atoms with E-state index in [4.69, 9.17) is 0 Å². The zero-order valence-corrected chi connectivity index (χ0v) is 14.4. The Morgan fingerprint density at radius 1 is 1.00 bits per heavy atom. The Morgan fingerprint density at radius 3 is 2.30 bits per heavy atom. The van der Waals surface area contributed by atoms with Crippen molar-refractivity contribution in [2.24, 2.45) is 11.8 Å². The normalized spacial score (nSPS) is 28.0. The van der Waals surface area contributed by atoms with Crippen LogP contribution in [0.2, 0.25) is 0 Å². The highest BCUT2D eigenvalue weighted by Crippen LogP contribution is 2.40. The van der Waals surface area contributed by atoms with Gasteiger partial charge in [-0.25, -0.2) is 8.42 Å². The fraction of sp³-hybridized carbons (Fsp3) is 0.611. The van der Waals surface area contributed by atoms with Gasteiger partial charge in [-0.15, -0.1) is 0 Å². The van der Waals surface area contributed by atoms with Gasteiger partial charge >= 0.3 is 0 Å². The number of benzene rings is 1. The molecule has 23 heavy (non-hydrogen) atoms. The third kappa shape index (κ3) is 3.94. The molecular formula is C18H25NO3S. The zero-order valence-electron chi connectivity index (χ0n) is 13.6. The highest BCUT2D eigenvalue weighted by Gasteiger charge is 2.32. The van der Waals surface area contributed by atoms with Crippen LogP contribution in [0.4, 0.5) is 0 Å². The highest BCUT2D eigenvalue weighted by atomic mass is 32.2. The van der Waals surface area contributed by atoms with Crippen LogP contribution in [0.25, 0.3) is 0 Å². The lowest BCUT2D eigenvalue weighted by Crippen LogP contribution is -2.41. The predicted octanol–water partition coefficient (Wildman–Crippen LogP) is 3.18. The molecular weight excluding hydrogens is 310 g/mol. The lowest BCUT2D eigenvalue weighted by Gasteiger charge is -2.39. The third-order valence-electron chi connectivity index (χ3n) is 5.42. The molecule has 2 aliphatic rings. The van der Waals surface area contributed by atoms with Crippen LogP contribution in [0.15, 0.2) is 29.2 Å². The van der Waals surface area contributed by atoms with E-state index in [1.54, 1.807) is 12.1 Å². The van der Waals surface area contributed by atoms with Crippen LogP contribution in [0, 0.1) is 11.8 Å². The molecule has 1 aromatic rings. The van der Waals surface area contributed by atoms with Crippen molar-refractivity contribution in [3.63, 3.8) is 0 Å². The monoisotopic (exact) mass is 335 g/mol. The second-order valence-electron chi connectivity index (χ2n) is 7.08. The van der Waals surface area contributed by atoms with Crippen LogP contribution in [-0.4, -0.2) is 26.6 Å². The fourth-order valence-electron chi connectivity index (χ4n) is 4.13. The summed E-state index contributed by atoms with van der Waals surface area (Å²) in [5, 5.41) is 3.14. The third-order valence-corrected chi connectivity index (χ3v) is 6.55. The van der Waals surface area contributed by atoms with E-state index in [-0.39, 0.29) is 16.8 Å². The Kier molecular flexibility index (Phi) is 4.76. The van der Waals surface area contributed by atoms with Crippen molar-refractivity contribution in [1.29, 1.82) is 0 Å². The van der Waals surface area contributed by atoms with Crippen molar-refractivity contribution in [3.05, 3.63) is 29.8 Å². The zero-order chi connectivity index (χ0) is 16.4. The molecule has 2 aliphatic carbocycles. The van der Waals surface area contributed by atoms with Crippen LogP contribution in [0.5, 0.6) is 0 Å². The largest absolute Gasteiger partial charge is 0.349 e. The molecule has 0 radical (unpaired) electrons. The molecule has 1 N–H and O–H groups in total. The summed E-state index contributed by atoms with van der Waals surface area (Å²) in [7, 11) is -3.22. The lowest BCUT2D eigenvalue weighted by molar-refractivity contribution is 0.0879. The van der Waals surface area contributed by atoms with Gasteiger partial charge in [-0.1, -0.05) is 25.7 Å². The maximum atomic E-state index is 12.4. The molecule has 1 aromatic carbocycles. The smallest absolute Gasteiger partial charge is 0.251 e. The number of carbonyl (C=O) groups is 1. The van der Waals surface area contributed by atoms with E-state index in [0.717, 1.165) is 24.7 Å². The van der Waals surface area contributed by atoms with Gasteiger partial charge in [0.05, 0.1) is 4.90 Å². The van der Waals surface area contributed by atoms with E-state index in [1.165, 1.54) is 50.5 Å². The minimum absolute atomic E-state index is 0.0932. The molecule has 0 spiro atoms. The summed E-state index contributed by atoms with van der Waals surface area (Å²) in [5.74, 6) is 1.55. The van der Waals surface area contributed by atoms with Gasteiger partial charge in [-0.2, -0.15) is 0 Å². The van der Waals surface area contributed by atoms with Gasteiger partial charge in [-0.05, 0) is 55.4 Å². The molecule has 0 aliphatic heterocycles. The number of carbonyl (C=O) groups excluding carboxylic acids is 1. The second kappa shape index (κ2) is 6.63. The molecule has 0 heterocycles. The number of nitrogens with one attached hydrogen (secondary N) is 1. The first-order valence-corrected chi connectivity index (χ1v) is 10.4. The Hall–Kier alpha value is -1.36. The van der Waals surface area contributed by atoms with E-state index >= 15 is 0 Å². The van der Waals surface area contributed by atoms with E-state index in [1.807, 2.05) is 0 Å². The Morgan fingerprint density at radius 2 is 1.65 bits per heavy atom. The minimum atomic E-state index is -3.22. The average molecular weight is 335 g/mol. The number of fused-ring (bicyclic) bond motifs is 1. The Labute approximate surface area is 138 Å². The van der Waals surface area contributed by atoms with Gasteiger partial charge in [0.25, 0.3) is 5.91 Å². The lowest BCUT2D eigenvalue weighted by atomic mass is 9.69. The molecule has 2 fully saturated rings. The molecule has 0 unspecified atom stereocenters. The molecule has 0 aromatic heterocycles. The van der Waals surface area contributed by atoms with Crippen LogP contribution in [0.1, 0.15) is 55.3 Å². The van der Waals surface area contributed by atoms with Crippen molar-refractivity contribution in [3.8, 4) is 0 Å². The standard InChI is InChI=1S/C18H25NO3S/c1-23(21,22)17-10-7-14(8-11-17)18(20)19-16-9-6-13-4-2-3-5-15(13)12-16/h7-8,10-11,13,15-16H,2-6,9,12H2,1H3,(H,19,20)/t13-,15-,16+/m0/s1. The summed E-state index contributed by atoms with van der Waals surface area (Å²) < 4.78 is 22.9. The molecule has 0 saturated heterocycles. The van der Waals surface area contributed by atoms with Gasteiger partial charge in [0.2, 0.25) is 0 Å². The summed E-state index contributed by atoms with van der Waals surface area (Å²) >= 11 is 0. The average Bonchev–Trinajstić information content (AvgIpc) is 2.54. The summed E-state index contributed by atoms with van der Waals surface area (Å²) in [6.45, 7) is 0. The topological polar surface area (TPSA) is 63.2 Å². The van der Waals surface area contributed by atoms with Gasteiger partial charge < -0.3 is 5.32 Å². The van der Waals surface area contributed by atoms with E-state index in [9.17, 15) is 13.2 Å². The maximum absolute atomic E-state index is 12.4. The molecule has 4 nitrogen and oxygen atoms in total. The van der Waals surface area contributed by atoms with Crippen molar-refractivity contribution in [2.75, 3.05) is 6.26 Å². The van der Waals surface area contributed by atoms with Crippen LogP contribution >= 0.6 is 0 Å². The number of hydrogen-bond acceptors (Lipinski definition) is 3. The SMILES string of the molecule is CS(=O)(=O)c1ccc(C(=O)N[C@@H]2CC[C@@H]3CCCC[C@H]3C2)cc1. The summed E-state index contributed by atoms with van der Waals surface area (Å²) in [4.78, 5) is 12.6. The van der Waals surface area contributed by atoms with Crippen molar-refractivity contribution in [1.82, 2.24) is 5.32 Å². The van der Waals surface area contributed by atoms with Gasteiger partial charge in [0, 0.05) is 17.9 Å². The molecule has 3 rings (SSSR count). The fourth-order valence-corrected chi connectivity index (χ4v) is 4.76. The number of rotatable bonds is 3. The van der Waals surface area contributed by atoms with E-state index < -0.39 is 9.84 Å². The Bertz CT molecular complexity index is 666. The molecule has 1 amide bonds. The van der Waals surface area contributed by atoms with Crippen molar-refractivity contribution in [2.45, 2.75) is 55.9 Å². The Balaban J connectivity index is 1.61. The summed E-state index contributed by atoms with van der Waals surface area (Å²) in [6, 6.07) is 6.46. The number of amides is 1. The molecule has 2 saturated carbocycles. The van der Waals surface area contributed by atoms with Crippen molar-refractivity contribution < 1.29 is 13.2 Å². The minimum Gasteiger partial charge on any atom is -0.349 e. The first kappa shape index (κ1) is 16.5. The summed E-state index contributed by atoms with van der Waals surface area (Å²) in [5.41, 5.74) is 0.531. The van der Waals surface area contributed by atoms with Gasteiger partial charge in [-0.3, -0.25) is 4.79 Å². The van der Waals surface area contributed by atoms with Gasteiger partial charge in [0.15, 0.2) is 9.84 Å². The molecule has 5 heteroatoms. The van der Waals surface area contributed by atoms with Gasteiger partial charge in [0.1, 0.15) is 0 Å². The van der Waals surface area contributed by atoms with Crippen LogP contribution < -0.4 is 5.32 Å². The van der Waals surface area contributed by atoms with Crippen LogP contribution in [0.3, 0.4) is 0 Å². The highest BCUT2D eigenvalue weighted by molar-refractivity contribution is 7.90. The first-order chi connectivity index (χ1) is 10.9. The van der Waals surface area contributed by atoms with Crippen molar-refractivity contribution >= 4 is 15.7 Å². The van der Waals surface area contributed by atoms with Crippen LogP contribution in [-0.2, 0) is 9.84 Å². The van der Waals surface area contributed by atoms with E-state index in [2.05, 4.69) is 5.32 Å².